The summed E-state index contributed by atoms with van der Waals surface area (Å²) in [6, 6.07) is 4.24. The molecule has 1 fully saturated rings. The Morgan fingerprint density at radius 1 is 1.22 bits per heavy atom. The fourth-order valence-electron chi connectivity index (χ4n) is 2.44. The van der Waals surface area contributed by atoms with Crippen molar-refractivity contribution in [2.45, 2.75) is 25.9 Å². The molecule has 18 heavy (non-hydrogen) atoms. The standard InChI is InChI=1S/C13H15F2N3/c1-8-6-18(7-9(2)17-8)13-11(14)3-10(5-16)4-12(13)15/h3-4,8-9,17H,6-7H2,1-2H3. The number of halogens is 2. The number of piperazine rings is 1. The molecule has 1 aromatic rings. The number of benzene rings is 1. The van der Waals surface area contributed by atoms with E-state index in [1.165, 1.54) is 0 Å². The van der Waals surface area contributed by atoms with E-state index in [2.05, 4.69) is 5.32 Å². The van der Waals surface area contributed by atoms with E-state index in [1.54, 1.807) is 11.0 Å². The highest BCUT2D eigenvalue weighted by molar-refractivity contribution is 5.53. The molecule has 3 nitrogen and oxygen atoms in total. The van der Waals surface area contributed by atoms with Gasteiger partial charge in [-0.15, -0.1) is 0 Å². The third-order valence-electron chi connectivity index (χ3n) is 3.02. The van der Waals surface area contributed by atoms with Gasteiger partial charge in [-0.2, -0.15) is 5.26 Å². The van der Waals surface area contributed by atoms with Gasteiger partial charge in [-0.3, -0.25) is 0 Å². The third kappa shape index (κ3) is 2.44. The van der Waals surface area contributed by atoms with E-state index in [4.69, 9.17) is 5.26 Å². The van der Waals surface area contributed by atoms with Gasteiger partial charge in [0.15, 0.2) is 11.6 Å². The van der Waals surface area contributed by atoms with Crippen LogP contribution >= 0.6 is 0 Å². The topological polar surface area (TPSA) is 39.1 Å². The molecule has 0 bridgehead atoms. The Morgan fingerprint density at radius 2 is 1.72 bits per heavy atom. The quantitative estimate of drug-likeness (QED) is 0.830. The highest BCUT2D eigenvalue weighted by Crippen LogP contribution is 2.26. The molecule has 0 amide bonds. The number of hydrogen-bond acceptors (Lipinski definition) is 3. The Hall–Kier alpha value is -1.67. The van der Waals surface area contributed by atoms with Crippen LogP contribution in [-0.4, -0.2) is 25.2 Å². The van der Waals surface area contributed by atoms with Crippen LogP contribution in [0.15, 0.2) is 12.1 Å². The SMILES string of the molecule is CC1CN(c2c(F)cc(C#N)cc2F)CC(C)N1. The van der Waals surface area contributed by atoms with E-state index in [9.17, 15) is 8.78 Å². The van der Waals surface area contributed by atoms with Gasteiger partial charge in [0.05, 0.1) is 11.6 Å². The van der Waals surface area contributed by atoms with Gasteiger partial charge in [0, 0.05) is 25.2 Å². The lowest BCUT2D eigenvalue weighted by molar-refractivity contribution is 0.400. The minimum absolute atomic E-state index is 0.00461. The smallest absolute Gasteiger partial charge is 0.150 e. The van der Waals surface area contributed by atoms with Crippen molar-refractivity contribution in [1.29, 1.82) is 5.26 Å². The zero-order chi connectivity index (χ0) is 13.3. The second-order valence-electron chi connectivity index (χ2n) is 4.77. The first-order valence-corrected chi connectivity index (χ1v) is 5.91. The number of hydrogen-bond donors (Lipinski definition) is 1. The summed E-state index contributed by atoms with van der Waals surface area (Å²) in [5.74, 6) is -1.35. The number of anilines is 1. The van der Waals surface area contributed by atoms with E-state index in [0.717, 1.165) is 12.1 Å². The Kier molecular flexibility index (Phi) is 3.48. The third-order valence-corrected chi connectivity index (χ3v) is 3.02. The van der Waals surface area contributed by atoms with Crippen molar-refractivity contribution in [3.05, 3.63) is 29.3 Å². The maximum absolute atomic E-state index is 13.9. The molecule has 2 atom stereocenters. The molecule has 1 heterocycles. The molecule has 1 aliphatic heterocycles. The molecular weight excluding hydrogens is 236 g/mol. The van der Waals surface area contributed by atoms with Crippen molar-refractivity contribution in [3.63, 3.8) is 0 Å². The lowest BCUT2D eigenvalue weighted by Gasteiger charge is -2.37. The second-order valence-corrected chi connectivity index (χ2v) is 4.77. The fraction of sp³-hybridized carbons (Fsp3) is 0.462. The van der Waals surface area contributed by atoms with Gasteiger partial charge in [0.25, 0.3) is 0 Å². The number of nitriles is 1. The van der Waals surface area contributed by atoms with Crippen LogP contribution in [0.25, 0.3) is 0 Å². The largest absolute Gasteiger partial charge is 0.364 e. The summed E-state index contributed by atoms with van der Waals surface area (Å²) in [7, 11) is 0. The minimum Gasteiger partial charge on any atom is -0.364 e. The van der Waals surface area contributed by atoms with Gasteiger partial charge in [0.1, 0.15) is 5.69 Å². The maximum Gasteiger partial charge on any atom is 0.150 e. The molecule has 1 aliphatic rings. The molecule has 1 N–H and O–H groups in total. The molecule has 0 spiro atoms. The first kappa shape index (κ1) is 12.8. The van der Waals surface area contributed by atoms with Crippen molar-refractivity contribution in [3.8, 4) is 6.07 Å². The molecule has 1 saturated heterocycles. The average Bonchev–Trinajstić information content (AvgIpc) is 2.26. The first-order valence-electron chi connectivity index (χ1n) is 5.91. The average molecular weight is 251 g/mol. The van der Waals surface area contributed by atoms with E-state index >= 15 is 0 Å². The summed E-state index contributed by atoms with van der Waals surface area (Å²) < 4.78 is 27.8. The molecule has 2 unspecified atom stereocenters. The Bertz CT molecular complexity index is 462. The van der Waals surface area contributed by atoms with Crippen LogP contribution in [0.4, 0.5) is 14.5 Å². The molecule has 2 rings (SSSR count). The minimum atomic E-state index is -0.673. The summed E-state index contributed by atoms with van der Waals surface area (Å²) in [6.45, 7) is 5.04. The number of rotatable bonds is 1. The zero-order valence-corrected chi connectivity index (χ0v) is 10.4. The summed E-state index contributed by atoms with van der Waals surface area (Å²) in [5.41, 5.74) is -0.0285. The lowest BCUT2D eigenvalue weighted by atomic mass is 10.1. The van der Waals surface area contributed by atoms with Gasteiger partial charge in [0.2, 0.25) is 0 Å². The molecule has 0 aliphatic carbocycles. The highest BCUT2D eigenvalue weighted by atomic mass is 19.1. The van der Waals surface area contributed by atoms with Crippen molar-refractivity contribution < 1.29 is 8.78 Å². The summed E-state index contributed by atoms with van der Waals surface area (Å²) in [4.78, 5) is 1.69. The summed E-state index contributed by atoms with van der Waals surface area (Å²) in [6.07, 6.45) is 0. The monoisotopic (exact) mass is 251 g/mol. The van der Waals surface area contributed by atoms with Gasteiger partial charge in [-0.25, -0.2) is 8.78 Å². The van der Waals surface area contributed by atoms with E-state index < -0.39 is 11.6 Å². The number of nitrogens with one attached hydrogen (secondary N) is 1. The van der Waals surface area contributed by atoms with Crippen LogP contribution in [0.5, 0.6) is 0 Å². The fourth-order valence-corrected chi connectivity index (χ4v) is 2.44. The van der Waals surface area contributed by atoms with Crippen molar-refractivity contribution >= 4 is 5.69 Å². The van der Waals surface area contributed by atoms with Gasteiger partial charge in [-0.1, -0.05) is 0 Å². The first-order chi connectivity index (χ1) is 8.51. The lowest BCUT2D eigenvalue weighted by Crippen LogP contribution is -2.54. The van der Waals surface area contributed by atoms with Crippen molar-refractivity contribution in [2.24, 2.45) is 0 Å². The van der Waals surface area contributed by atoms with Crippen molar-refractivity contribution in [1.82, 2.24) is 5.32 Å². The summed E-state index contributed by atoms with van der Waals surface area (Å²) >= 11 is 0. The van der Waals surface area contributed by atoms with Crippen LogP contribution in [-0.2, 0) is 0 Å². The molecule has 1 aromatic carbocycles. The predicted octanol–water partition coefficient (Wildman–Crippen LogP) is 2.02. The van der Waals surface area contributed by atoms with E-state index in [0.29, 0.717) is 13.1 Å². The zero-order valence-electron chi connectivity index (χ0n) is 10.4. The molecule has 0 aromatic heterocycles. The van der Waals surface area contributed by atoms with E-state index in [-0.39, 0.29) is 23.3 Å². The van der Waals surface area contributed by atoms with Crippen LogP contribution in [0, 0.1) is 23.0 Å². The van der Waals surface area contributed by atoms with Gasteiger partial charge >= 0.3 is 0 Å². The Balaban J connectivity index is 2.36. The van der Waals surface area contributed by atoms with Gasteiger partial charge < -0.3 is 10.2 Å². The molecular formula is C13H15F2N3. The summed E-state index contributed by atoms with van der Waals surface area (Å²) in [5, 5.41) is 12.0. The highest BCUT2D eigenvalue weighted by Gasteiger charge is 2.25. The van der Waals surface area contributed by atoms with Crippen LogP contribution in [0.1, 0.15) is 19.4 Å². The normalized spacial score (nSPS) is 23.8. The van der Waals surface area contributed by atoms with Crippen molar-refractivity contribution in [2.75, 3.05) is 18.0 Å². The predicted molar refractivity (Wildman–Crippen MR) is 65.3 cm³/mol. The van der Waals surface area contributed by atoms with Crippen LogP contribution in [0.2, 0.25) is 0 Å². The Morgan fingerprint density at radius 3 is 2.17 bits per heavy atom. The molecule has 5 heteroatoms. The molecule has 0 saturated carbocycles. The van der Waals surface area contributed by atoms with Crippen LogP contribution in [0.3, 0.4) is 0 Å². The number of nitrogens with zero attached hydrogens (tertiary/aromatic N) is 2. The molecule has 0 radical (unpaired) electrons. The Labute approximate surface area is 105 Å². The van der Waals surface area contributed by atoms with Gasteiger partial charge in [-0.05, 0) is 26.0 Å². The maximum atomic E-state index is 13.9. The van der Waals surface area contributed by atoms with Crippen LogP contribution < -0.4 is 10.2 Å². The second kappa shape index (κ2) is 4.91. The van der Waals surface area contributed by atoms with E-state index in [1.807, 2.05) is 13.8 Å². The molecule has 96 valence electrons.